The van der Waals surface area contributed by atoms with Crippen LogP contribution < -0.4 is 10.5 Å². The molecule has 5 atom stereocenters. The van der Waals surface area contributed by atoms with Crippen LogP contribution >= 0.6 is 0 Å². The molecule has 1 amide bonds. The summed E-state index contributed by atoms with van der Waals surface area (Å²) in [5, 5.41) is 0. The lowest BCUT2D eigenvalue weighted by atomic mass is 9.72. The molecule has 1 aromatic rings. The van der Waals surface area contributed by atoms with Gasteiger partial charge in [0.2, 0.25) is 5.91 Å². The zero-order valence-electron chi connectivity index (χ0n) is 15.5. The first kappa shape index (κ1) is 17.3. The lowest BCUT2D eigenvalue weighted by Crippen LogP contribution is -2.57. The van der Waals surface area contributed by atoms with Crippen LogP contribution in [0.4, 0.5) is 0 Å². The highest BCUT2D eigenvalue weighted by molar-refractivity contribution is 5.89. The van der Waals surface area contributed by atoms with Crippen molar-refractivity contribution in [3.63, 3.8) is 0 Å². The van der Waals surface area contributed by atoms with Gasteiger partial charge in [-0.1, -0.05) is 13.0 Å². The topological polar surface area (TPSA) is 81.9 Å². The van der Waals surface area contributed by atoms with E-state index in [0.717, 1.165) is 23.3 Å². The maximum absolute atomic E-state index is 13.0. The van der Waals surface area contributed by atoms with E-state index in [0.29, 0.717) is 25.3 Å². The summed E-state index contributed by atoms with van der Waals surface area (Å²) in [6.45, 7) is 2.77. The SMILES string of the molecule is COC(=O)[C@@H]1Cc2cc(OC)ccc2[C@@]23C[C@H](C)[C@@H](CN)[C@@H]2CC(=O)N13. The summed E-state index contributed by atoms with van der Waals surface area (Å²) >= 11 is 0. The molecule has 1 saturated carbocycles. The van der Waals surface area contributed by atoms with Crippen LogP contribution in [0.3, 0.4) is 0 Å². The summed E-state index contributed by atoms with van der Waals surface area (Å²) in [5.41, 5.74) is 7.85. The molecule has 4 rings (SSSR count). The Morgan fingerprint density at radius 2 is 2.12 bits per heavy atom. The molecule has 0 aromatic heterocycles. The van der Waals surface area contributed by atoms with E-state index in [1.54, 1.807) is 7.11 Å². The zero-order valence-corrected chi connectivity index (χ0v) is 15.5. The summed E-state index contributed by atoms with van der Waals surface area (Å²) in [7, 11) is 3.02. The second-order valence-corrected chi connectivity index (χ2v) is 7.85. The molecule has 1 aromatic carbocycles. The third kappa shape index (κ3) is 2.08. The summed E-state index contributed by atoms with van der Waals surface area (Å²) in [6, 6.07) is 5.44. The van der Waals surface area contributed by atoms with Gasteiger partial charge in [0.05, 0.1) is 19.8 Å². The molecule has 0 bridgehead atoms. The Morgan fingerprint density at radius 1 is 1.35 bits per heavy atom. The Kier molecular flexibility index (Phi) is 3.99. The van der Waals surface area contributed by atoms with Crippen LogP contribution in [-0.4, -0.2) is 43.6 Å². The van der Waals surface area contributed by atoms with E-state index in [-0.39, 0.29) is 23.7 Å². The van der Waals surface area contributed by atoms with E-state index in [9.17, 15) is 9.59 Å². The molecule has 2 N–H and O–H groups in total. The number of esters is 1. The van der Waals surface area contributed by atoms with Gasteiger partial charge in [0.25, 0.3) is 0 Å². The standard InChI is InChI=1S/C20H26N2O4/c1-11-9-20-15-5-4-13(25-2)6-12(15)7-17(19(24)26-3)22(20)18(23)8-16(20)14(11)10-21/h4-6,11,14,16-17H,7-10,21H2,1-3H3/t11-,14+,16-,17-,20-/m0/s1. The van der Waals surface area contributed by atoms with Gasteiger partial charge in [-0.25, -0.2) is 4.79 Å². The molecule has 26 heavy (non-hydrogen) atoms. The summed E-state index contributed by atoms with van der Waals surface area (Å²) in [6.07, 6.45) is 1.74. The van der Waals surface area contributed by atoms with Crippen molar-refractivity contribution in [1.29, 1.82) is 0 Å². The molecule has 0 unspecified atom stereocenters. The molecule has 2 heterocycles. The Labute approximate surface area is 153 Å². The fraction of sp³-hybridized carbons (Fsp3) is 0.600. The van der Waals surface area contributed by atoms with Gasteiger partial charge in [-0.15, -0.1) is 0 Å². The second kappa shape index (κ2) is 5.98. The number of nitrogens with zero attached hydrogens (tertiary/aromatic N) is 1. The minimum absolute atomic E-state index is 0.0391. The zero-order chi connectivity index (χ0) is 18.6. The van der Waals surface area contributed by atoms with E-state index in [2.05, 4.69) is 13.0 Å². The normalized spacial score (nSPS) is 34.9. The third-order valence-electron chi connectivity index (χ3n) is 6.84. The number of rotatable bonds is 3. The third-order valence-corrected chi connectivity index (χ3v) is 6.84. The summed E-state index contributed by atoms with van der Waals surface area (Å²) < 4.78 is 10.4. The van der Waals surface area contributed by atoms with Crippen molar-refractivity contribution in [3.05, 3.63) is 29.3 Å². The lowest BCUT2D eigenvalue weighted by molar-refractivity contribution is -0.156. The number of ether oxygens (including phenoxy) is 2. The van der Waals surface area contributed by atoms with Crippen molar-refractivity contribution >= 4 is 11.9 Å². The lowest BCUT2D eigenvalue weighted by Gasteiger charge is -2.48. The fourth-order valence-corrected chi connectivity index (χ4v) is 5.85. The largest absolute Gasteiger partial charge is 0.497 e. The highest BCUT2D eigenvalue weighted by Crippen LogP contribution is 2.61. The van der Waals surface area contributed by atoms with E-state index in [4.69, 9.17) is 15.2 Å². The smallest absolute Gasteiger partial charge is 0.328 e. The Morgan fingerprint density at radius 3 is 2.77 bits per heavy atom. The van der Waals surface area contributed by atoms with Gasteiger partial charge < -0.3 is 20.1 Å². The predicted molar refractivity (Wildman–Crippen MR) is 95.5 cm³/mol. The van der Waals surface area contributed by atoms with Gasteiger partial charge >= 0.3 is 5.97 Å². The number of hydrogen-bond donors (Lipinski definition) is 1. The van der Waals surface area contributed by atoms with Crippen molar-refractivity contribution in [2.24, 2.45) is 23.5 Å². The van der Waals surface area contributed by atoms with E-state index in [1.165, 1.54) is 7.11 Å². The molecule has 1 saturated heterocycles. The van der Waals surface area contributed by atoms with Crippen molar-refractivity contribution in [2.75, 3.05) is 20.8 Å². The minimum Gasteiger partial charge on any atom is -0.497 e. The first-order chi connectivity index (χ1) is 12.5. The van der Waals surface area contributed by atoms with Crippen LogP contribution in [-0.2, 0) is 26.3 Å². The molecule has 140 valence electrons. The van der Waals surface area contributed by atoms with Crippen molar-refractivity contribution in [1.82, 2.24) is 4.90 Å². The number of methoxy groups -OCH3 is 2. The van der Waals surface area contributed by atoms with Crippen LogP contribution in [0.1, 0.15) is 30.9 Å². The molecule has 0 radical (unpaired) electrons. The van der Waals surface area contributed by atoms with Crippen LogP contribution in [0.15, 0.2) is 18.2 Å². The Balaban J connectivity index is 1.93. The molecule has 6 heteroatoms. The van der Waals surface area contributed by atoms with Crippen LogP contribution in [0.5, 0.6) is 5.75 Å². The summed E-state index contributed by atoms with van der Waals surface area (Å²) in [5.74, 6) is 1.25. The number of benzene rings is 1. The molecule has 1 spiro atoms. The van der Waals surface area contributed by atoms with Gasteiger partial charge in [0.1, 0.15) is 11.8 Å². The first-order valence-corrected chi connectivity index (χ1v) is 9.25. The quantitative estimate of drug-likeness (QED) is 0.827. The molecule has 2 aliphatic heterocycles. The number of nitrogens with two attached hydrogens (primary N) is 1. The maximum atomic E-state index is 13.0. The predicted octanol–water partition coefficient (Wildman–Crippen LogP) is 1.45. The number of carbonyl (C=O) groups is 2. The average Bonchev–Trinajstić information content (AvgIpc) is 3.07. The van der Waals surface area contributed by atoms with E-state index < -0.39 is 11.6 Å². The second-order valence-electron chi connectivity index (χ2n) is 7.85. The summed E-state index contributed by atoms with van der Waals surface area (Å²) in [4.78, 5) is 27.4. The minimum atomic E-state index is -0.583. The molecule has 1 aliphatic carbocycles. The Hall–Kier alpha value is -2.08. The van der Waals surface area contributed by atoms with Gasteiger partial charge in [-0.3, -0.25) is 4.79 Å². The van der Waals surface area contributed by atoms with Crippen molar-refractivity contribution in [3.8, 4) is 5.75 Å². The van der Waals surface area contributed by atoms with Crippen LogP contribution in [0.2, 0.25) is 0 Å². The number of hydrogen-bond acceptors (Lipinski definition) is 5. The van der Waals surface area contributed by atoms with Gasteiger partial charge in [-0.2, -0.15) is 0 Å². The van der Waals surface area contributed by atoms with Crippen LogP contribution in [0, 0.1) is 17.8 Å². The molecule has 2 fully saturated rings. The number of amides is 1. The molecule has 6 nitrogen and oxygen atoms in total. The first-order valence-electron chi connectivity index (χ1n) is 9.25. The highest BCUT2D eigenvalue weighted by atomic mass is 16.5. The van der Waals surface area contributed by atoms with E-state index in [1.807, 2.05) is 17.0 Å². The average molecular weight is 358 g/mol. The fourth-order valence-electron chi connectivity index (χ4n) is 5.85. The molecule has 3 aliphatic rings. The number of carbonyl (C=O) groups excluding carboxylic acids is 2. The monoisotopic (exact) mass is 358 g/mol. The Bertz CT molecular complexity index is 764. The van der Waals surface area contributed by atoms with Crippen molar-refractivity contribution < 1.29 is 19.1 Å². The maximum Gasteiger partial charge on any atom is 0.328 e. The van der Waals surface area contributed by atoms with Crippen LogP contribution in [0.25, 0.3) is 0 Å². The van der Waals surface area contributed by atoms with Gasteiger partial charge in [-0.05, 0) is 54.0 Å². The van der Waals surface area contributed by atoms with E-state index >= 15 is 0 Å². The molecular formula is C20H26N2O4. The van der Waals surface area contributed by atoms with Gasteiger partial charge in [0, 0.05) is 12.8 Å². The van der Waals surface area contributed by atoms with Gasteiger partial charge in [0.15, 0.2) is 0 Å². The van der Waals surface area contributed by atoms with Crippen molar-refractivity contribution in [2.45, 2.75) is 37.8 Å². The highest BCUT2D eigenvalue weighted by Gasteiger charge is 2.65. The number of fused-ring (bicyclic) bond motifs is 1. The molecular weight excluding hydrogens is 332 g/mol.